The highest BCUT2D eigenvalue weighted by Crippen LogP contribution is 2.33. The SMILES string of the molecule is CCOC(=O)C1=C(C)N=c2s/c(=C\c3cc(I)c(O)c(OC)c3)c(=O)n2[C@H]1c1ccc(Cl)cc1. The predicted octanol–water partition coefficient (Wildman–Crippen LogP) is 3.77. The topological polar surface area (TPSA) is 90.1 Å². The number of thiazole rings is 1. The fourth-order valence-electron chi connectivity index (χ4n) is 3.74. The number of ether oxygens (including phenoxy) is 2. The second kappa shape index (κ2) is 9.93. The van der Waals surface area contributed by atoms with Crippen LogP contribution in [0.15, 0.2) is 57.5 Å². The van der Waals surface area contributed by atoms with Crippen LogP contribution in [0.2, 0.25) is 5.02 Å². The number of methoxy groups -OCH3 is 1. The number of fused-ring (bicyclic) bond motifs is 1. The molecule has 0 fully saturated rings. The van der Waals surface area contributed by atoms with Crippen molar-refractivity contribution in [1.29, 1.82) is 0 Å². The first-order chi connectivity index (χ1) is 16.2. The van der Waals surface area contributed by atoms with Gasteiger partial charge in [-0.15, -0.1) is 0 Å². The average molecular weight is 611 g/mol. The van der Waals surface area contributed by atoms with Gasteiger partial charge in [0, 0.05) is 5.02 Å². The third kappa shape index (κ3) is 4.51. The molecule has 0 unspecified atom stereocenters. The van der Waals surface area contributed by atoms with Gasteiger partial charge in [-0.2, -0.15) is 0 Å². The van der Waals surface area contributed by atoms with Crippen molar-refractivity contribution in [3.8, 4) is 11.5 Å². The Labute approximate surface area is 217 Å². The number of phenolic OH excluding ortho intramolecular Hbond substituents is 1. The first kappa shape index (κ1) is 24.5. The minimum atomic E-state index is -0.704. The van der Waals surface area contributed by atoms with E-state index >= 15 is 0 Å². The lowest BCUT2D eigenvalue weighted by molar-refractivity contribution is -0.139. The summed E-state index contributed by atoms with van der Waals surface area (Å²) in [5.74, 6) is -0.166. The number of aromatic nitrogens is 1. The molecule has 1 aromatic heterocycles. The number of carbonyl (C=O) groups is 1. The molecule has 10 heteroatoms. The number of nitrogens with zero attached hydrogens (tertiary/aromatic N) is 2. The summed E-state index contributed by atoms with van der Waals surface area (Å²) in [6.07, 6.45) is 1.72. The van der Waals surface area contributed by atoms with Gasteiger partial charge in [0.1, 0.15) is 0 Å². The van der Waals surface area contributed by atoms with Crippen LogP contribution in [0.4, 0.5) is 0 Å². The van der Waals surface area contributed by atoms with E-state index in [0.717, 1.165) is 5.56 Å². The number of allylic oxidation sites excluding steroid dienone is 1. The van der Waals surface area contributed by atoms with E-state index in [2.05, 4.69) is 4.99 Å². The van der Waals surface area contributed by atoms with Crippen molar-refractivity contribution in [2.75, 3.05) is 13.7 Å². The maximum absolute atomic E-state index is 13.6. The molecule has 0 bridgehead atoms. The van der Waals surface area contributed by atoms with Crippen molar-refractivity contribution >= 4 is 57.6 Å². The van der Waals surface area contributed by atoms with Gasteiger partial charge in [-0.1, -0.05) is 35.1 Å². The molecule has 1 aliphatic heterocycles. The molecular formula is C24H20ClIN2O5S. The highest BCUT2D eigenvalue weighted by Gasteiger charge is 2.33. The molecule has 0 saturated heterocycles. The maximum atomic E-state index is 13.6. The monoisotopic (exact) mass is 610 g/mol. The summed E-state index contributed by atoms with van der Waals surface area (Å²) >= 11 is 9.31. The first-order valence-corrected chi connectivity index (χ1v) is 12.5. The molecular weight excluding hydrogens is 591 g/mol. The zero-order chi connectivity index (χ0) is 24.6. The summed E-state index contributed by atoms with van der Waals surface area (Å²) in [5, 5.41) is 10.7. The zero-order valence-corrected chi connectivity index (χ0v) is 22.2. The molecule has 2 aromatic carbocycles. The Morgan fingerprint density at radius 1 is 1.32 bits per heavy atom. The normalized spacial score (nSPS) is 15.7. The third-order valence-electron chi connectivity index (χ3n) is 5.27. The quantitative estimate of drug-likeness (QED) is 0.351. The number of halogens is 2. The molecule has 0 radical (unpaired) electrons. The van der Waals surface area contributed by atoms with Crippen LogP contribution in [0.3, 0.4) is 0 Å². The fourth-order valence-corrected chi connectivity index (χ4v) is 5.53. The molecule has 4 rings (SSSR count). The van der Waals surface area contributed by atoms with Crippen LogP contribution >= 0.6 is 45.5 Å². The number of hydrogen-bond donors (Lipinski definition) is 1. The van der Waals surface area contributed by atoms with Crippen molar-refractivity contribution in [3.05, 3.63) is 87.1 Å². The smallest absolute Gasteiger partial charge is 0.338 e. The van der Waals surface area contributed by atoms with Crippen LogP contribution in [0.5, 0.6) is 11.5 Å². The van der Waals surface area contributed by atoms with Gasteiger partial charge in [-0.25, -0.2) is 9.79 Å². The van der Waals surface area contributed by atoms with Crippen molar-refractivity contribution in [3.63, 3.8) is 0 Å². The maximum Gasteiger partial charge on any atom is 0.338 e. The number of benzene rings is 2. The van der Waals surface area contributed by atoms with Gasteiger partial charge < -0.3 is 14.6 Å². The highest BCUT2D eigenvalue weighted by molar-refractivity contribution is 14.1. The van der Waals surface area contributed by atoms with Crippen molar-refractivity contribution in [1.82, 2.24) is 4.57 Å². The fraction of sp³-hybridized carbons (Fsp3) is 0.208. The number of aromatic hydroxyl groups is 1. The van der Waals surface area contributed by atoms with Gasteiger partial charge in [0.2, 0.25) is 0 Å². The lowest BCUT2D eigenvalue weighted by Gasteiger charge is -2.24. The largest absolute Gasteiger partial charge is 0.504 e. The number of phenols is 1. The van der Waals surface area contributed by atoms with Crippen LogP contribution in [0.1, 0.15) is 31.0 Å². The Balaban J connectivity index is 1.95. The van der Waals surface area contributed by atoms with E-state index in [4.69, 9.17) is 21.1 Å². The van der Waals surface area contributed by atoms with Crippen molar-refractivity contribution < 1.29 is 19.4 Å². The molecule has 1 aliphatic rings. The molecule has 1 atom stereocenters. The van der Waals surface area contributed by atoms with E-state index in [0.29, 0.717) is 40.5 Å². The molecule has 176 valence electrons. The van der Waals surface area contributed by atoms with E-state index in [1.54, 1.807) is 56.3 Å². The van der Waals surface area contributed by atoms with Crippen molar-refractivity contribution in [2.45, 2.75) is 19.9 Å². The molecule has 0 amide bonds. The Kier molecular flexibility index (Phi) is 7.15. The Morgan fingerprint density at radius 2 is 2.03 bits per heavy atom. The third-order valence-corrected chi connectivity index (χ3v) is 7.33. The van der Waals surface area contributed by atoms with Gasteiger partial charge in [-0.3, -0.25) is 9.36 Å². The van der Waals surface area contributed by atoms with E-state index in [9.17, 15) is 14.7 Å². The van der Waals surface area contributed by atoms with Crippen LogP contribution in [0, 0.1) is 3.57 Å². The molecule has 0 spiro atoms. The van der Waals surface area contributed by atoms with Gasteiger partial charge in [0.15, 0.2) is 16.3 Å². The average Bonchev–Trinajstić information content (AvgIpc) is 3.10. The van der Waals surface area contributed by atoms with Gasteiger partial charge in [0.05, 0.1) is 39.1 Å². The molecule has 7 nitrogen and oxygen atoms in total. The minimum absolute atomic E-state index is 0.0409. The summed E-state index contributed by atoms with van der Waals surface area (Å²) in [5.41, 5.74) is 1.92. The highest BCUT2D eigenvalue weighted by atomic mass is 127. The number of hydrogen-bond acceptors (Lipinski definition) is 7. The zero-order valence-electron chi connectivity index (χ0n) is 18.5. The predicted molar refractivity (Wildman–Crippen MR) is 139 cm³/mol. The lowest BCUT2D eigenvalue weighted by Crippen LogP contribution is -2.39. The summed E-state index contributed by atoms with van der Waals surface area (Å²) in [7, 11) is 1.47. The molecule has 34 heavy (non-hydrogen) atoms. The van der Waals surface area contributed by atoms with E-state index in [1.807, 2.05) is 22.6 Å². The van der Waals surface area contributed by atoms with Gasteiger partial charge in [0.25, 0.3) is 5.56 Å². The Bertz CT molecular complexity index is 1490. The van der Waals surface area contributed by atoms with E-state index in [-0.39, 0.29) is 17.9 Å². The number of esters is 1. The summed E-state index contributed by atoms with van der Waals surface area (Å²) in [4.78, 5) is 31.5. The molecule has 0 aliphatic carbocycles. The van der Waals surface area contributed by atoms with Crippen LogP contribution < -0.4 is 19.6 Å². The van der Waals surface area contributed by atoms with Gasteiger partial charge in [-0.05, 0) is 77.9 Å². The molecule has 0 saturated carbocycles. The first-order valence-electron chi connectivity index (χ1n) is 10.3. The summed E-state index contributed by atoms with van der Waals surface area (Å²) in [6, 6.07) is 9.71. The van der Waals surface area contributed by atoms with Crippen molar-refractivity contribution in [2.24, 2.45) is 4.99 Å². The lowest BCUT2D eigenvalue weighted by atomic mass is 9.96. The van der Waals surface area contributed by atoms with Gasteiger partial charge >= 0.3 is 5.97 Å². The minimum Gasteiger partial charge on any atom is -0.504 e. The molecule has 3 aromatic rings. The summed E-state index contributed by atoms with van der Waals surface area (Å²) in [6.45, 7) is 3.67. The Morgan fingerprint density at radius 3 is 2.68 bits per heavy atom. The number of rotatable bonds is 5. The number of carbonyl (C=O) groups excluding carboxylic acids is 1. The Hall–Kier alpha value is -2.63. The molecule has 1 N–H and O–H groups in total. The van der Waals surface area contributed by atoms with Crippen LogP contribution in [-0.2, 0) is 9.53 Å². The van der Waals surface area contributed by atoms with Crippen LogP contribution in [-0.4, -0.2) is 29.4 Å². The second-order valence-corrected chi connectivity index (χ2v) is 10.0. The van der Waals surface area contributed by atoms with E-state index < -0.39 is 12.0 Å². The summed E-state index contributed by atoms with van der Waals surface area (Å²) < 4.78 is 13.1. The standard InChI is InChI=1S/C24H20ClIN2O5S/c1-4-33-23(31)19-12(2)27-24-28(20(19)14-5-7-15(25)8-6-14)22(30)18(34-24)11-13-9-16(26)21(29)17(10-13)32-3/h5-11,20,29H,4H2,1-3H3/b18-11-/t20-/m0/s1. The second-order valence-electron chi connectivity index (χ2n) is 7.41. The van der Waals surface area contributed by atoms with Crippen LogP contribution in [0.25, 0.3) is 6.08 Å². The molecule has 2 heterocycles. The van der Waals surface area contributed by atoms with E-state index in [1.165, 1.54) is 23.0 Å².